The Hall–Kier alpha value is -3.39. The molecule has 0 saturated carbocycles. The molecule has 4 N–H and O–H groups in total. The van der Waals surface area contributed by atoms with Gasteiger partial charge >= 0.3 is 0 Å². The Bertz CT molecular complexity index is 955. The molecule has 1 fully saturated rings. The van der Waals surface area contributed by atoms with Gasteiger partial charge in [0.05, 0.1) is 12.6 Å². The molecule has 1 saturated heterocycles. The van der Waals surface area contributed by atoms with Gasteiger partial charge in [-0.1, -0.05) is 13.0 Å². The Morgan fingerprint density at radius 1 is 1.03 bits per heavy atom. The summed E-state index contributed by atoms with van der Waals surface area (Å²) in [6, 6.07) is 13.9. The van der Waals surface area contributed by atoms with E-state index in [-0.39, 0.29) is 36.4 Å². The van der Waals surface area contributed by atoms with Gasteiger partial charge in [-0.05, 0) is 68.7 Å². The lowest BCUT2D eigenvalue weighted by atomic mass is 10.1. The van der Waals surface area contributed by atoms with E-state index in [1.165, 1.54) is 0 Å². The zero-order valence-electron chi connectivity index (χ0n) is 19.1. The van der Waals surface area contributed by atoms with E-state index in [1.807, 2.05) is 13.8 Å². The average molecular weight is 453 g/mol. The van der Waals surface area contributed by atoms with Crippen molar-refractivity contribution in [3.05, 3.63) is 59.7 Å². The third-order valence-corrected chi connectivity index (χ3v) is 5.51. The minimum Gasteiger partial charge on any atom is -0.376 e. The predicted molar refractivity (Wildman–Crippen MR) is 129 cm³/mol. The van der Waals surface area contributed by atoms with Crippen LogP contribution in [0.25, 0.3) is 0 Å². The van der Waals surface area contributed by atoms with Gasteiger partial charge in [0.25, 0.3) is 11.8 Å². The molecule has 0 spiro atoms. The van der Waals surface area contributed by atoms with Gasteiger partial charge in [0.15, 0.2) is 0 Å². The summed E-state index contributed by atoms with van der Waals surface area (Å²) in [5.41, 5.74) is 2.32. The number of rotatable bonds is 10. The van der Waals surface area contributed by atoms with Crippen LogP contribution >= 0.6 is 0 Å². The molecule has 0 radical (unpaired) electrons. The van der Waals surface area contributed by atoms with Gasteiger partial charge in [0.1, 0.15) is 0 Å². The quantitative estimate of drug-likeness (QED) is 0.443. The number of anilines is 2. The maximum atomic E-state index is 12.3. The minimum absolute atomic E-state index is 0.0495. The molecule has 2 unspecified atom stereocenters. The molecular weight excluding hydrogens is 420 g/mol. The first kappa shape index (κ1) is 24.3. The largest absolute Gasteiger partial charge is 0.376 e. The summed E-state index contributed by atoms with van der Waals surface area (Å²) < 4.78 is 5.51. The molecule has 3 rings (SSSR count). The smallest absolute Gasteiger partial charge is 0.251 e. The van der Waals surface area contributed by atoms with E-state index in [0.717, 1.165) is 31.6 Å². The van der Waals surface area contributed by atoms with Crippen molar-refractivity contribution in [1.29, 1.82) is 0 Å². The first-order chi connectivity index (χ1) is 15.9. The van der Waals surface area contributed by atoms with E-state index in [9.17, 15) is 14.4 Å². The van der Waals surface area contributed by atoms with E-state index in [1.54, 1.807) is 48.5 Å². The lowest BCUT2D eigenvalue weighted by Crippen LogP contribution is -2.32. The van der Waals surface area contributed by atoms with Gasteiger partial charge in [-0.25, -0.2) is 0 Å². The van der Waals surface area contributed by atoms with Crippen LogP contribution in [-0.4, -0.2) is 49.6 Å². The first-order valence-electron chi connectivity index (χ1n) is 11.4. The Kier molecular flexibility index (Phi) is 8.83. The highest BCUT2D eigenvalue weighted by molar-refractivity contribution is 5.98. The molecule has 0 aromatic heterocycles. The summed E-state index contributed by atoms with van der Waals surface area (Å²) >= 11 is 0. The maximum Gasteiger partial charge on any atom is 0.251 e. The fraction of sp³-hybridized carbons (Fsp3) is 0.400. The zero-order valence-corrected chi connectivity index (χ0v) is 19.1. The molecular formula is C25H32N4O4. The van der Waals surface area contributed by atoms with Crippen LogP contribution in [-0.2, 0) is 9.53 Å². The van der Waals surface area contributed by atoms with E-state index < -0.39 is 0 Å². The molecule has 8 nitrogen and oxygen atoms in total. The zero-order chi connectivity index (χ0) is 23.6. The number of carbonyl (C=O) groups is 3. The summed E-state index contributed by atoms with van der Waals surface area (Å²) in [4.78, 5) is 36.9. The summed E-state index contributed by atoms with van der Waals surface area (Å²) in [5.74, 6) is -0.557. The Balaban J connectivity index is 1.45. The molecule has 3 amide bonds. The fourth-order valence-electron chi connectivity index (χ4n) is 3.39. The lowest BCUT2D eigenvalue weighted by molar-refractivity contribution is -0.114. The van der Waals surface area contributed by atoms with Crippen LogP contribution in [0.2, 0.25) is 0 Å². The topological polar surface area (TPSA) is 109 Å². The van der Waals surface area contributed by atoms with Gasteiger partial charge in [-0.3, -0.25) is 14.4 Å². The number of hydrogen-bond acceptors (Lipinski definition) is 5. The van der Waals surface area contributed by atoms with Crippen molar-refractivity contribution in [3.63, 3.8) is 0 Å². The highest BCUT2D eigenvalue weighted by Crippen LogP contribution is 2.13. The van der Waals surface area contributed by atoms with Crippen LogP contribution in [0.15, 0.2) is 48.5 Å². The van der Waals surface area contributed by atoms with Crippen molar-refractivity contribution in [3.8, 4) is 0 Å². The van der Waals surface area contributed by atoms with Crippen molar-refractivity contribution >= 4 is 29.1 Å². The molecule has 1 aliphatic heterocycles. The van der Waals surface area contributed by atoms with Gasteiger partial charge in [-0.15, -0.1) is 0 Å². The van der Waals surface area contributed by atoms with Gasteiger partial charge in [0.2, 0.25) is 5.91 Å². The molecule has 1 aliphatic rings. The lowest BCUT2D eigenvalue weighted by Gasteiger charge is -2.13. The maximum absolute atomic E-state index is 12.3. The number of carbonyl (C=O) groups excluding carboxylic acids is 3. The van der Waals surface area contributed by atoms with Crippen molar-refractivity contribution in [2.75, 3.05) is 30.3 Å². The Morgan fingerprint density at radius 2 is 1.82 bits per heavy atom. The molecule has 2 aromatic rings. The van der Waals surface area contributed by atoms with E-state index >= 15 is 0 Å². The van der Waals surface area contributed by atoms with Crippen LogP contribution in [0.1, 0.15) is 53.8 Å². The molecule has 8 heteroatoms. The van der Waals surface area contributed by atoms with Crippen LogP contribution in [0.4, 0.5) is 11.4 Å². The van der Waals surface area contributed by atoms with Crippen LogP contribution in [0.3, 0.4) is 0 Å². The van der Waals surface area contributed by atoms with Crippen LogP contribution in [0, 0.1) is 0 Å². The van der Waals surface area contributed by atoms with Crippen LogP contribution in [0.5, 0.6) is 0 Å². The molecule has 176 valence electrons. The fourth-order valence-corrected chi connectivity index (χ4v) is 3.39. The molecule has 2 aromatic carbocycles. The van der Waals surface area contributed by atoms with Crippen molar-refractivity contribution < 1.29 is 19.1 Å². The van der Waals surface area contributed by atoms with Gasteiger partial charge in [0, 0.05) is 41.7 Å². The van der Waals surface area contributed by atoms with Gasteiger partial charge in [-0.2, -0.15) is 0 Å². The number of benzene rings is 2. The van der Waals surface area contributed by atoms with E-state index in [0.29, 0.717) is 23.4 Å². The summed E-state index contributed by atoms with van der Waals surface area (Å²) in [6.07, 6.45) is 2.95. The molecule has 0 aliphatic carbocycles. The molecule has 33 heavy (non-hydrogen) atoms. The highest BCUT2D eigenvalue weighted by atomic mass is 16.5. The monoisotopic (exact) mass is 452 g/mol. The normalized spacial score (nSPS) is 16.0. The van der Waals surface area contributed by atoms with Crippen molar-refractivity contribution in [2.45, 2.75) is 45.3 Å². The SMILES string of the molecule is CCC(C)NC(=O)c1cccc(NC(=O)CNc2ccc(C(=O)NCC3CCCO3)cc2)c1. The third kappa shape index (κ3) is 7.61. The van der Waals surface area contributed by atoms with Crippen molar-refractivity contribution in [2.24, 2.45) is 0 Å². The highest BCUT2D eigenvalue weighted by Gasteiger charge is 2.16. The Morgan fingerprint density at radius 3 is 2.52 bits per heavy atom. The summed E-state index contributed by atoms with van der Waals surface area (Å²) in [7, 11) is 0. The predicted octanol–water partition coefficient (Wildman–Crippen LogP) is 3.17. The second-order valence-electron chi connectivity index (χ2n) is 8.19. The number of amides is 3. The average Bonchev–Trinajstić information content (AvgIpc) is 3.35. The number of ether oxygens (including phenoxy) is 1. The Labute approximate surface area is 194 Å². The van der Waals surface area contributed by atoms with E-state index in [2.05, 4.69) is 21.3 Å². The minimum atomic E-state index is -0.243. The standard InChI is InChI=1S/C25H32N4O4/c1-3-17(2)28-25(32)19-6-4-7-21(14-19)29-23(30)16-26-20-11-9-18(10-12-20)24(31)27-15-22-8-5-13-33-22/h4,6-7,9-12,14,17,22,26H,3,5,8,13,15-16H2,1-2H3,(H,27,31)(H,28,32)(H,29,30). The molecule has 1 heterocycles. The van der Waals surface area contributed by atoms with Crippen LogP contribution < -0.4 is 21.3 Å². The van der Waals surface area contributed by atoms with Gasteiger partial charge < -0.3 is 26.0 Å². The third-order valence-electron chi connectivity index (χ3n) is 5.51. The molecule has 0 bridgehead atoms. The summed E-state index contributed by atoms with van der Waals surface area (Å²) in [5, 5.41) is 11.6. The van der Waals surface area contributed by atoms with Crippen molar-refractivity contribution in [1.82, 2.24) is 10.6 Å². The molecule has 2 atom stereocenters. The number of nitrogens with one attached hydrogen (secondary N) is 4. The second kappa shape index (κ2) is 12.0. The first-order valence-corrected chi connectivity index (χ1v) is 11.4. The number of hydrogen-bond donors (Lipinski definition) is 4. The van der Waals surface area contributed by atoms with E-state index in [4.69, 9.17) is 4.74 Å². The second-order valence-corrected chi connectivity index (χ2v) is 8.19. The summed E-state index contributed by atoms with van der Waals surface area (Å²) in [6.45, 7) is 5.27.